The number of thiophene rings is 2. The average molecular weight is 542 g/mol. The Balaban J connectivity index is 1.29. The van der Waals surface area contributed by atoms with E-state index >= 15 is 0 Å². The summed E-state index contributed by atoms with van der Waals surface area (Å²) in [7, 11) is 0. The summed E-state index contributed by atoms with van der Waals surface area (Å²) < 4.78 is 0. The van der Waals surface area contributed by atoms with Crippen LogP contribution in [0.4, 0.5) is 5.69 Å². The lowest BCUT2D eigenvalue weighted by atomic mass is 9.96. The van der Waals surface area contributed by atoms with Gasteiger partial charge in [0.2, 0.25) is 0 Å². The molecular formula is C25H20ClN3O3S3. The first-order chi connectivity index (χ1) is 17.0. The minimum atomic E-state index is -0.483. The molecule has 3 aromatic heterocycles. The summed E-state index contributed by atoms with van der Waals surface area (Å²) >= 11 is 10.7. The van der Waals surface area contributed by atoms with Crippen LogP contribution in [0.15, 0.2) is 58.6 Å². The molecular weight excluding hydrogens is 522 g/mol. The zero-order valence-corrected chi connectivity index (χ0v) is 21.6. The first-order valence-electron chi connectivity index (χ1n) is 11.0. The fraction of sp³-hybridized carbons (Fsp3) is 0.200. The van der Waals surface area contributed by atoms with Crippen LogP contribution in [-0.4, -0.2) is 33.8 Å². The van der Waals surface area contributed by atoms with Crippen molar-refractivity contribution in [3.63, 3.8) is 0 Å². The van der Waals surface area contributed by atoms with Crippen molar-refractivity contribution < 1.29 is 9.72 Å². The number of amides is 1. The van der Waals surface area contributed by atoms with Gasteiger partial charge in [-0.15, -0.1) is 34.0 Å². The van der Waals surface area contributed by atoms with Gasteiger partial charge in [0.1, 0.15) is 5.02 Å². The Kier molecular flexibility index (Phi) is 7.10. The number of carbonyl (C=O) groups is 1. The Morgan fingerprint density at radius 3 is 2.57 bits per heavy atom. The van der Waals surface area contributed by atoms with Crippen LogP contribution in [0.25, 0.3) is 22.9 Å². The van der Waals surface area contributed by atoms with Crippen LogP contribution in [0, 0.1) is 10.1 Å². The van der Waals surface area contributed by atoms with E-state index in [1.54, 1.807) is 40.1 Å². The molecule has 1 amide bonds. The van der Waals surface area contributed by atoms with Gasteiger partial charge in [0.15, 0.2) is 0 Å². The number of likely N-dealkylation sites (tertiary alicyclic amines) is 1. The third-order valence-corrected chi connectivity index (χ3v) is 8.99. The van der Waals surface area contributed by atoms with E-state index in [1.807, 2.05) is 51.4 Å². The number of piperidine rings is 1. The maximum absolute atomic E-state index is 13.5. The van der Waals surface area contributed by atoms with Crippen molar-refractivity contribution in [2.75, 3.05) is 13.1 Å². The van der Waals surface area contributed by atoms with E-state index in [0.717, 1.165) is 33.2 Å². The second-order valence-corrected chi connectivity index (χ2v) is 11.3. The monoisotopic (exact) mass is 541 g/mol. The van der Waals surface area contributed by atoms with Gasteiger partial charge in [0, 0.05) is 45.8 Å². The van der Waals surface area contributed by atoms with Crippen LogP contribution in [0.3, 0.4) is 0 Å². The molecule has 0 aliphatic carbocycles. The van der Waals surface area contributed by atoms with Gasteiger partial charge in [-0.1, -0.05) is 29.8 Å². The molecule has 0 unspecified atom stereocenters. The number of rotatable bonds is 6. The maximum atomic E-state index is 13.5. The van der Waals surface area contributed by atoms with Crippen molar-refractivity contribution in [3.8, 4) is 11.3 Å². The second-order valence-electron chi connectivity index (χ2n) is 8.11. The lowest BCUT2D eigenvalue weighted by Gasteiger charge is -2.31. The van der Waals surface area contributed by atoms with Gasteiger partial charge < -0.3 is 4.90 Å². The van der Waals surface area contributed by atoms with Crippen LogP contribution in [0.1, 0.15) is 33.5 Å². The maximum Gasteiger partial charge on any atom is 0.288 e. The molecule has 0 atom stereocenters. The standard InChI is InChI=1S/C25H20ClN3O3S3/c26-20-6-5-17(13-22(20)29(31)32)21-15-35-24(27-21)16-7-9-28(10-8-16)25(30)19(23-4-2-12-34-23)14-18-3-1-11-33-18/h1-6,11-16H,7-10H2/b19-14+. The predicted octanol–water partition coefficient (Wildman–Crippen LogP) is 7.44. The Labute approximate surface area is 219 Å². The number of carbonyl (C=O) groups excluding carboxylic acids is 1. The van der Waals surface area contributed by atoms with Crippen molar-refractivity contribution in [1.82, 2.24) is 9.88 Å². The van der Waals surface area contributed by atoms with Crippen LogP contribution < -0.4 is 0 Å². The number of hydrogen-bond donors (Lipinski definition) is 0. The van der Waals surface area contributed by atoms with Gasteiger partial charge in [0.05, 0.1) is 21.2 Å². The number of hydrogen-bond acceptors (Lipinski definition) is 7. The number of thiazole rings is 1. The molecule has 1 aromatic carbocycles. The van der Waals surface area contributed by atoms with Crippen molar-refractivity contribution in [2.45, 2.75) is 18.8 Å². The van der Waals surface area contributed by atoms with Crippen LogP contribution in [0.2, 0.25) is 5.02 Å². The fourth-order valence-corrected chi connectivity index (χ4v) is 6.68. The molecule has 0 spiro atoms. The first-order valence-corrected chi connectivity index (χ1v) is 14.0. The molecule has 0 bridgehead atoms. The Hall–Kier alpha value is -2.85. The summed E-state index contributed by atoms with van der Waals surface area (Å²) in [5, 5.41) is 18.3. The van der Waals surface area contributed by atoms with Crippen molar-refractivity contribution in [1.29, 1.82) is 0 Å². The van der Waals surface area contributed by atoms with Crippen molar-refractivity contribution in [3.05, 3.63) is 88.5 Å². The molecule has 0 radical (unpaired) electrons. The molecule has 4 aromatic rings. The number of benzene rings is 1. The summed E-state index contributed by atoms with van der Waals surface area (Å²) in [4.78, 5) is 33.0. The highest BCUT2D eigenvalue weighted by atomic mass is 35.5. The SMILES string of the molecule is O=C(/C(=C/c1cccs1)c1cccs1)N1CCC(c2nc(-c3ccc(Cl)c([N+](=O)[O-])c3)cs2)CC1. The van der Waals surface area contributed by atoms with E-state index in [4.69, 9.17) is 16.6 Å². The molecule has 4 heterocycles. The Bertz CT molecular complexity index is 1370. The average Bonchev–Trinajstić information content (AvgIpc) is 3.65. The molecule has 1 aliphatic heterocycles. The third-order valence-electron chi connectivity index (χ3n) is 5.94. The topological polar surface area (TPSA) is 76.3 Å². The molecule has 35 heavy (non-hydrogen) atoms. The summed E-state index contributed by atoms with van der Waals surface area (Å²) in [5.74, 6) is 0.319. The van der Waals surface area contributed by atoms with Gasteiger partial charge in [-0.3, -0.25) is 14.9 Å². The summed E-state index contributed by atoms with van der Waals surface area (Å²) in [6.45, 7) is 1.33. The summed E-state index contributed by atoms with van der Waals surface area (Å²) in [6.07, 6.45) is 3.65. The summed E-state index contributed by atoms with van der Waals surface area (Å²) in [6, 6.07) is 12.7. The molecule has 1 saturated heterocycles. The molecule has 0 saturated carbocycles. The molecule has 10 heteroatoms. The molecule has 1 aliphatic rings. The quantitative estimate of drug-likeness (QED) is 0.144. The molecule has 0 N–H and O–H groups in total. The van der Waals surface area contributed by atoms with E-state index < -0.39 is 4.92 Å². The minimum absolute atomic E-state index is 0.0626. The Morgan fingerprint density at radius 1 is 1.11 bits per heavy atom. The number of aromatic nitrogens is 1. The molecule has 5 rings (SSSR count). The van der Waals surface area contributed by atoms with Crippen molar-refractivity contribution in [2.24, 2.45) is 0 Å². The van der Waals surface area contributed by atoms with Gasteiger partial charge >= 0.3 is 0 Å². The molecule has 1 fully saturated rings. The largest absolute Gasteiger partial charge is 0.339 e. The zero-order valence-electron chi connectivity index (χ0n) is 18.4. The van der Waals surface area contributed by atoms with Gasteiger partial charge in [-0.25, -0.2) is 4.98 Å². The van der Waals surface area contributed by atoms with Gasteiger partial charge in [-0.2, -0.15) is 0 Å². The lowest BCUT2D eigenvalue weighted by molar-refractivity contribution is -0.384. The highest BCUT2D eigenvalue weighted by Crippen LogP contribution is 2.36. The summed E-state index contributed by atoms with van der Waals surface area (Å²) in [5.41, 5.74) is 2.00. The zero-order chi connectivity index (χ0) is 24.4. The smallest absolute Gasteiger partial charge is 0.288 e. The number of halogens is 1. The minimum Gasteiger partial charge on any atom is -0.339 e. The Morgan fingerprint density at radius 2 is 1.89 bits per heavy atom. The number of nitro benzene ring substituents is 1. The third kappa shape index (κ3) is 5.23. The van der Waals surface area contributed by atoms with Crippen molar-refractivity contribution >= 4 is 68.9 Å². The van der Waals surface area contributed by atoms with E-state index in [-0.39, 0.29) is 22.5 Å². The normalized spacial score (nSPS) is 14.9. The van der Waals surface area contributed by atoms with E-state index in [0.29, 0.717) is 24.3 Å². The van der Waals surface area contributed by atoms with E-state index in [1.165, 1.54) is 12.1 Å². The van der Waals surface area contributed by atoms with E-state index in [9.17, 15) is 14.9 Å². The highest BCUT2D eigenvalue weighted by molar-refractivity contribution is 7.12. The number of nitrogens with zero attached hydrogens (tertiary/aromatic N) is 3. The fourth-order valence-electron chi connectivity index (χ4n) is 4.11. The van der Waals surface area contributed by atoms with Gasteiger partial charge in [0.25, 0.3) is 11.6 Å². The predicted molar refractivity (Wildman–Crippen MR) is 144 cm³/mol. The first kappa shape index (κ1) is 23.9. The van der Waals surface area contributed by atoms with E-state index in [2.05, 4.69) is 0 Å². The van der Waals surface area contributed by atoms with Gasteiger partial charge in [-0.05, 0) is 47.9 Å². The number of nitro groups is 1. The van der Waals surface area contributed by atoms with Crippen LogP contribution >= 0.6 is 45.6 Å². The molecule has 178 valence electrons. The second kappa shape index (κ2) is 10.4. The molecule has 6 nitrogen and oxygen atoms in total. The van der Waals surface area contributed by atoms with Crippen LogP contribution in [-0.2, 0) is 4.79 Å². The lowest BCUT2D eigenvalue weighted by Crippen LogP contribution is -2.38. The van der Waals surface area contributed by atoms with Crippen LogP contribution in [0.5, 0.6) is 0 Å². The highest BCUT2D eigenvalue weighted by Gasteiger charge is 2.28.